The van der Waals surface area contributed by atoms with Gasteiger partial charge in [0.1, 0.15) is 5.82 Å². The zero-order chi connectivity index (χ0) is 18.9. The van der Waals surface area contributed by atoms with Crippen LogP contribution in [0.25, 0.3) is 0 Å². The molecule has 0 N–H and O–H groups in total. The van der Waals surface area contributed by atoms with Gasteiger partial charge >= 0.3 is 0 Å². The van der Waals surface area contributed by atoms with Crippen LogP contribution in [0.1, 0.15) is 26.3 Å². The number of piperazine rings is 1. The first-order valence-corrected chi connectivity index (χ1v) is 10.2. The first-order chi connectivity index (χ1) is 12.2. The van der Waals surface area contributed by atoms with Crippen molar-refractivity contribution in [2.75, 3.05) is 31.1 Å². The third-order valence-electron chi connectivity index (χ3n) is 4.74. The summed E-state index contributed by atoms with van der Waals surface area (Å²) in [4.78, 5) is 2.39. The van der Waals surface area contributed by atoms with E-state index in [4.69, 9.17) is 0 Å². The lowest BCUT2D eigenvalue weighted by Crippen LogP contribution is -2.49. The van der Waals surface area contributed by atoms with Crippen molar-refractivity contribution in [3.8, 4) is 0 Å². The van der Waals surface area contributed by atoms with Crippen molar-refractivity contribution in [3.05, 3.63) is 59.9 Å². The number of hydrogen-bond donors (Lipinski definition) is 0. The van der Waals surface area contributed by atoms with E-state index in [0.29, 0.717) is 26.2 Å². The molecule has 1 saturated heterocycles. The Balaban J connectivity index is 1.77. The van der Waals surface area contributed by atoms with Crippen LogP contribution in [0.15, 0.2) is 53.4 Å². The Kier molecular flexibility index (Phi) is 5.08. The molecule has 0 spiro atoms. The van der Waals surface area contributed by atoms with Crippen LogP contribution in [0.4, 0.5) is 10.1 Å². The summed E-state index contributed by atoms with van der Waals surface area (Å²) >= 11 is 0. The minimum Gasteiger partial charge on any atom is -0.369 e. The topological polar surface area (TPSA) is 40.6 Å². The van der Waals surface area contributed by atoms with E-state index in [1.54, 1.807) is 0 Å². The van der Waals surface area contributed by atoms with Gasteiger partial charge in [-0.1, -0.05) is 39.0 Å². The number of para-hydroxylation sites is 1. The molecule has 2 aromatic carbocycles. The second-order valence-corrected chi connectivity index (χ2v) is 9.55. The van der Waals surface area contributed by atoms with Crippen LogP contribution in [0.5, 0.6) is 0 Å². The minimum atomic E-state index is -3.58. The van der Waals surface area contributed by atoms with Gasteiger partial charge in [-0.3, -0.25) is 0 Å². The first kappa shape index (κ1) is 18.9. The van der Waals surface area contributed by atoms with Gasteiger partial charge in [0.2, 0.25) is 10.0 Å². The molecule has 26 heavy (non-hydrogen) atoms. The molecule has 0 radical (unpaired) electrons. The van der Waals surface area contributed by atoms with Crippen molar-refractivity contribution in [3.63, 3.8) is 0 Å². The Bertz CT molecular complexity index is 865. The molecule has 0 amide bonds. The van der Waals surface area contributed by atoms with Crippen LogP contribution < -0.4 is 4.90 Å². The van der Waals surface area contributed by atoms with Crippen molar-refractivity contribution in [1.82, 2.24) is 4.31 Å². The molecule has 0 bridgehead atoms. The summed E-state index contributed by atoms with van der Waals surface area (Å²) in [5, 5.41) is 0. The summed E-state index contributed by atoms with van der Waals surface area (Å²) in [5.41, 5.74) is 2.45. The minimum absolute atomic E-state index is 0.0217. The molecule has 2 aromatic rings. The first-order valence-electron chi connectivity index (χ1n) is 8.80. The van der Waals surface area contributed by atoms with Gasteiger partial charge in [0.15, 0.2) is 0 Å². The maximum absolute atomic E-state index is 13.1. The Morgan fingerprint density at radius 2 is 1.46 bits per heavy atom. The van der Waals surface area contributed by atoms with Gasteiger partial charge in [0.25, 0.3) is 0 Å². The van der Waals surface area contributed by atoms with E-state index in [0.717, 1.165) is 0 Å². The zero-order valence-corrected chi connectivity index (χ0v) is 16.3. The summed E-state index contributed by atoms with van der Waals surface area (Å²) in [6.07, 6.45) is 0. The number of sulfonamides is 1. The van der Waals surface area contributed by atoms with Crippen LogP contribution in [0.3, 0.4) is 0 Å². The van der Waals surface area contributed by atoms with E-state index in [1.165, 1.54) is 39.8 Å². The van der Waals surface area contributed by atoms with Gasteiger partial charge in [-0.15, -0.1) is 0 Å². The number of halogens is 1. The maximum atomic E-state index is 13.1. The molecule has 1 fully saturated rings. The zero-order valence-electron chi connectivity index (χ0n) is 15.4. The largest absolute Gasteiger partial charge is 0.369 e. The van der Waals surface area contributed by atoms with Gasteiger partial charge in [-0.2, -0.15) is 4.31 Å². The van der Waals surface area contributed by atoms with Crippen molar-refractivity contribution in [2.45, 2.75) is 31.1 Å². The molecule has 1 aliphatic heterocycles. The predicted molar refractivity (Wildman–Crippen MR) is 103 cm³/mol. The molecule has 140 valence electrons. The van der Waals surface area contributed by atoms with Crippen LogP contribution in [0.2, 0.25) is 0 Å². The molecule has 3 rings (SSSR count). The summed E-state index contributed by atoms with van der Waals surface area (Å²) in [5.74, 6) is -0.437. The molecular formula is C20H25FN2O2S. The third kappa shape index (κ3) is 3.76. The van der Waals surface area contributed by atoms with Crippen molar-refractivity contribution in [2.24, 2.45) is 0 Å². The fourth-order valence-corrected chi connectivity index (χ4v) is 4.73. The van der Waals surface area contributed by atoms with Crippen LogP contribution in [0, 0.1) is 5.82 Å². The second kappa shape index (κ2) is 7.00. The fourth-order valence-electron chi connectivity index (χ4n) is 3.31. The molecule has 1 aliphatic rings. The smallest absolute Gasteiger partial charge is 0.243 e. The molecule has 6 heteroatoms. The molecular weight excluding hydrogens is 351 g/mol. The Labute approximate surface area is 155 Å². The average Bonchev–Trinajstić information content (AvgIpc) is 2.61. The Morgan fingerprint density at radius 3 is 2.04 bits per heavy atom. The SMILES string of the molecule is CC(C)(C)c1ccccc1N1CCN(S(=O)(=O)c2ccc(F)cc2)CC1. The van der Waals surface area contributed by atoms with Gasteiger partial charge in [-0.05, 0) is 41.3 Å². The molecule has 0 unspecified atom stereocenters. The highest BCUT2D eigenvalue weighted by molar-refractivity contribution is 7.89. The lowest BCUT2D eigenvalue weighted by atomic mass is 9.85. The lowest BCUT2D eigenvalue weighted by Gasteiger charge is -2.38. The Morgan fingerprint density at radius 1 is 0.885 bits per heavy atom. The number of rotatable bonds is 3. The highest BCUT2D eigenvalue weighted by Gasteiger charge is 2.30. The van der Waals surface area contributed by atoms with E-state index in [9.17, 15) is 12.8 Å². The molecule has 4 nitrogen and oxygen atoms in total. The van der Waals surface area contributed by atoms with Gasteiger partial charge in [0, 0.05) is 31.9 Å². The van der Waals surface area contributed by atoms with Crippen LogP contribution in [-0.4, -0.2) is 38.9 Å². The quantitative estimate of drug-likeness (QED) is 0.821. The van der Waals surface area contributed by atoms with Gasteiger partial charge in [0.05, 0.1) is 4.90 Å². The van der Waals surface area contributed by atoms with E-state index in [1.807, 2.05) is 12.1 Å². The average molecular weight is 376 g/mol. The number of nitrogens with zero attached hydrogens (tertiary/aromatic N) is 2. The normalized spacial score (nSPS) is 16.7. The molecule has 0 aromatic heterocycles. The van der Waals surface area contributed by atoms with Crippen molar-refractivity contribution in [1.29, 1.82) is 0 Å². The second-order valence-electron chi connectivity index (χ2n) is 7.61. The summed E-state index contributed by atoms with van der Waals surface area (Å²) < 4.78 is 40.1. The monoisotopic (exact) mass is 376 g/mol. The number of hydrogen-bond acceptors (Lipinski definition) is 3. The summed E-state index contributed by atoms with van der Waals surface area (Å²) in [6.45, 7) is 8.64. The Hall–Kier alpha value is -1.92. The predicted octanol–water partition coefficient (Wildman–Crippen LogP) is 3.63. The number of benzene rings is 2. The summed E-state index contributed by atoms with van der Waals surface area (Å²) in [7, 11) is -3.58. The highest BCUT2D eigenvalue weighted by atomic mass is 32.2. The number of anilines is 1. The third-order valence-corrected chi connectivity index (χ3v) is 6.66. The van der Waals surface area contributed by atoms with Gasteiger partial charge in [-0.25, -0.2) is 12.8 Å². The van der Waals surface area contributed by atoms with E-state index in [2.05, 4.69) is 37.8 Å². The standard InChI is InChI=1S/C20H25FN2O2S/c1-20(2,3)18-6-4-5-7-19(18)22-12-14-23(15-13-22)26(24,25)17-10-8-16(21)9-11-17/h4-11H,12-15H2,1-3H3. The van der Waals surface area contributed by atoms with E-state index >= 15 is 0 Å². The lowest BCUT2D eigenvalue weighted by molar-refractivity contribution is 0.384. The van der Waals surface area contributed by atoms with Crippen LogP contribution in [-0.2, 0) is 15.4 Å². The molecule has 0 aliphatic carbocycles. The fraction of sp³-hybridized carbons (Fsp3) is 0.400. The molecule has 0 saturated carbocycles. The molecule has 1 heterocycles. The van der Waals surface area contributed by atoms with E-state index < -0.39 is 15.8 Å². The van der Waals surface area contributed by atoms with Crippen molar-refractivity contribution >= 4 is 15.7 Å². The van der Waals surface area contributed by atoms with Crippen LogP contribution >= 0.6 is 0 Å². The summed E-state index contributed by atoms with van der Waals surface area (Å²) in [6, 6.07) is 13.3. The highest BCUT2D eigenvalue weighted by Crippen LogP contribution is 2.32. The maximum Gasteiger partial charge on any atom is 0.243 e. The molecule has 0 atom stereocenters. The van der Waals surface area contributed by atoms with Gasteiger partial charge < -0.3 is 4.90 Å². The van der Waals surface area contributed by atoms with E-state index in [-0.39, 0.29) is 10.3 Å². The van der Waals surface area contributed by atoms with Crippen molar-refractivity contribution < 1.29 is 12.8 Å².